The Balaban J connectivity index is 3.35. The van der Waals surface area contributed by atoms with E-state index in [2.05, 4.69) is 6.58 Å². The highest BCUT2D eigenvalue weighted by Gasteiger charge is 2.01. The minimum atomic E-state index is -0.00241. The zero-order valence-electron chi connectivity index (χ0n) is 5.95. The van der Waals surface area contributed by atoms with Gasteiger partial charge >= 0.3 is 0 Å². The predicted octanol–water partition coefficient (Wildman–Crippen LogP) is 1.85. The summed E-state index contributed by atoms with van der Waals surface area (Å²) in [5.41, 5.74) is 0.947. The fourth-order valence-corrected chi connectivity index (χ4v) is 0.877. The van der Waals surface area contributed by atoms with Crippen LogP contribution in [0.25, 0.3) is 6.08 Å². The zero-order valence-corrected chi connectivity index (χ0v) is 5.95. The predicted molar refractivity (Wildman–Crippen MR) is 43.6 cm³/mol. The molecule has 1 aromatic carbocycles. The zero-order chi connectivity index (χ0) is 8.27. The molecule has 56 valence electrons. The van der Waals surface area contributed by atoms with E-state index in [4.69, 9.17) is 5.11 Å². The van der Waals surface area contributed by atoms with Gasteiger partial charge in [-0.25, -0.2) is 0 Å². The fourth-order valence-electron chi connectivity index (χ4n) is 0.877. The van der Waals surface area contributed by atoms with Crippen LogP contribution < -0.4 is 0 Å². The Morgan fingerprint density at radius 2 is 2.18 bits per heavy atom. The molecule has 0 atom stereocenters. The third-order valence-electron chi connectivity index (χ3n) is 1.45. The van der Waals surface area contributed by atoms with Crippen molar-refractivity contribution in [1.82, 2.24) is 0 Å². The lowest BCUT2D eigenvalue weighted by Gasteiger charge is -1.99. The van der Waals surface area contributed by atoms with Crippen molar-refractivity contribution in [3.63, 3.8) is 0 Å². The van der Waals surface area contributed by atoms with Gasteiger partial charge in [-0.15, -0.1) is 0 Å². The number of phenols is 1. The number of aldehydes is 1. The van der Waals surface area contributed by atoms with Gasteiger partial charge in [0.05, 0.1) is 5.56 Å². The van der Waals surface area contributed by atoms with Crippen molar-refractivity contribution in [3.8, 4) is 5.75 Å². The number of hydrogen-bond acceptors (Lipinski definition) is 2. The third-order valence-corrected chi connectivity index (χ3v) is 1.45. The first kappa shape index (κ1) is 7.54. The van der Waals surface area contributed by atoms with Crippen molar-refractivity contribution in [2.24, 2.45) is 0 Å². The highest BCUT2D eigenvalue weighted by atomic mass is 16.3. The van der Waals surface area contributed by atoms with Crippen molar-refractivity contribution in [3.05, 3.63) is 35.9 Å². The molecule has 2 heteroatoms. The van der Waals surface area contributed by atoms with Gasteiger partial charge in [0.1, 0.15) is 5.75 Å². The molecule has 0 heterocycles. The van der Waals surface area contributed by atoms with E-state index in [1.54, 1.807) is 12.1 Å². The van der Waals surface area contributed by atoms with Crippen LogP contribution in [0.4, 0.5) is 0 Å². The third kappa shape index (κ3) is 1.29. The van der Waals surface area contributed by atoms with Crippen molar-refractivity contribution in [2.45, 2.75) is 0 Å². The van der Waals surface area contributed by atoms with E-state index in [1.165, 1.54) is 12.1 Å². The van der Waals surface area contributed by atoms with E-state index in [1.807, 2.05) is 0 Å². The molecule has 1 aromatic rings. The Bertz CT molecular complexity index is 290. The molecule has 0 saturated heterocycles. The van der Waals surface area contributed by atoms with Gasteiger partial charge in [-0.2, -0.15) is 0 Å². The van der Waals surface area contributed by atoms with Crippen LogP contribution in [0.1, 0.15) is 15.9 Å². The summed E-state index contributed by atoms with van der Waals surface area (Å²) in [6.07, 6.45) is 2.15. The molecule has 0 amide bonds. The van der Waals surface area contributed by atoms with Crippen LogP contribution in [0.15, 0.2) is 24.8 Å². The lowest BCUT2D eigenvalue weighted by atomic mass is 10.1. The Labute approximate surface area is 64.8 Å². The summed E-state index contributed by atoms with van der Waals surface area (Å²) in [7, 11) is 0. The Hall–Kier alpha value is -1.57. The van der Waals surface area contributed by atoms with E-state index in [-0.39, 0.29) is 5.75 Å². The molecular formula is C9H8O2. The van der Waals surface area contributed by atoms with E-state index in [9.17, 15) is 4.79 Å². The summed E-state index contributed by atoms with van der Waals surface area (Å²) in [6, 6.07) is 4.85. The molecule has 0 unspecified atom stereocenters. The monoisotopic (exact) mass is 148 g/mol. The first-order chi connectivity index (χ1) is 5.29. The van der Waals surface area contributed by atoms with Crippen LogP contribution in [0, 0.1) is 0 Å². The van der Waals surface area contributed by atoms with E-state index in [0.717, 1.165) is 0 Å². The summed E-state index contributed by atoms with van der Waals surface area (Å²) >= 11 is 0. The van der Waals surface area contributed by atoms with Gasteiger partial charge in [0.2, 0.25) is 0 Å². The summed E-state index contributed by atoms with van der Waals surface area (Å²) < 4.78 is 0. The molecule has 0 saturated carbocycles. The van der Waals surface area contributed by atoms with Crippen molar-refractivity contribution in [2.75, 3.05) is 0 Å². The van der Waals surface area contributed by atoms with E-state index < -0.39 is 0 Å². The summed E-state index contributed by atoms with van der Waals surface area (Å²) in [4.78, 5) is 10.4. The number of hydrogen-bond donors (Lipinski definition) is 1. The molecule has 0 bridgehead atoms. The SMILES string of the molecule is C=Cc1cccc(O)c1C=O. The normalized spacial score (nSPS) is 9.09. The van der Waals surface area contributed by atoms with Crippen LogP contribution >= 0.6 is 0 Å². The molecule has 2 nitrogen and oxygen atoms in total. The van der Waals surface area contributed by atoms with Crippen LogP contribution in [-0.4, -0.2) is 11.4 Å². The Morgan fingerprint density at radius 1 is 1.45 bits per heavy atom. The Kier molecular flexibility index (Phi) is 2.06. The second kappa shape index (κ2) is 3.01. The molecule has 0 aromatic heterocycles. The minimum absolute atomic E-state index is 0.00241. The molecule has 0 spiro atoms. The molecule has 11 heavy (non-hydrogen) atoms. The molecule has 0 fully saturated rings. The quantitative estimate of drug-likeness (QED) is 0.650. The van der Waals surface area contributed by atoms with E-state index in [0.29, 0.717) is 17.4 Å². The van der Waals surface area contributed by atoms with Crippen molar-refractivity contribution < 1.29 is 9.90 Å². The van der Waals surface area contributed by atoms with Gasteiger partial charge in [0.25, 0.3) is 0 Å². The fraction of sp³-hybridized carbons (Fsp3) is 0. The lowest BCUT2D eigenvalue weighted by Crippen LogP contribution is -1.85. The minimum Gasteiger partial charge on any atom is -0.507 e. The summed E-state index contributed by atoms with van der Waals surface area (Å²) in [6.45, 7) is 3.51. The molecule has 0 aliphatic carbocycles. The average Bonchev–Trinajstić information content (AvgIpc) is 2.04. The summed E-state index contributed by atoms with van der Waals surface area (Å²) in [5.74, 6) is -0.00241. The van der Waals surface area contributed by atoms with Crippen molar-refractivity contribution >= 4 is 12.4 Å². The molecule has 1 rings (SSSR count). The number of carbonyl (C=O) groups excluding carboxylic acids is 1. The summed E-state index contributed by atoms with van der Waals surface area (Å²) in [5, 5.41) is 9.14. The molecule has 0 aliphatic heterocycles. The topological polar surface area (TPSA) is 37.3 Å². The van der Waals surface area contributed by atoms with Crippen LogP contribution in [-0.2, 0) is 0 Å². The largest absolute Gasteiger partial charge is 0.507 e. The number of rotatable bonds is 2. The Morgan fingerprint density at radius 3 is 2.64 bits per heavy atom. The van der Waals surface area contributed by atoms with Crippen molar-refractivity contribution in [1.29, 1.82) is 0 Å². The van der Waals surface area contributed by atoms with Gasteiger partial charge in [0, 0.05) is 0 Å². The molecule has 1 N–H and O–H groups in total. The van der Waals surface area contributed by atoms with Gasteiger partial charge in [-0.1, -0.05) is 24.8 Å². The van der Waals surface area contributed by atoms with Gasteiger partial charge in [0.15, 0.2) is 6.29 Å². The first-order valence-corrected chi connectivity index (χ1v) is 3.19. The molecular weight excluding hydrogens is 140 g/mol. The lowest BCUT2D eigenvalue weighted by molar-refractivity contribution is 0.112. The maximum absolute atomic E-state index is 10.4. The highest BCUT2D eigenvalue weighted by Crippen LogP contribution is 2.19. The van der Waals surface area contributed by atoms with Gasteiger partial charge < -0.3 is 5.11 Å². The van der Waals surface area contributed by atoms with E-state index >= 15 is 0 Å². The van der Waals surface area contributed by atoms with Gasteiger partial charge in [-0.3, -0.25) is 4.79 Å². The maximum Gasteiger partial charge on any atom is 0.154 e. The van der Waals surface area contributed by atoms with Crippen LogP contribution in [0.5, 0.6) is 5.75 Å². The average molecular weight is 148 g/mol. The maximum atomic E-state index is 10.4. The number of aromatic hydroxyl groups is 1. The smallest absolute Gasteiger partial charge is 0.154 e. The number of phenolic OH excluding ortho intramolecular Hbond substituents is 1. The first-order valence-electron chi connectivity index (χ1n) is 3.19. The second-order valence-electron chi connectivity index (χ2n) is 2.10. The second-order valence-corrected chi connectivity index (χ2v) is 2.10. The molecule has 0 aliphatic rings. The standard InChI is InChI=1S/C9H8O2/c1-2-7-4-3-5-9(11)8(7)6-10/h2-6,11H,1H2. The number of carbonyl (C=O) groups is 1. The number of benzene rings is 1. The van der Waals surface area contributed by atoms with Gasteiger partial charge in [-0.05, 0) is 11.6 Å². The molecule has 0 radical (unpaired) electrons. The van der Waals surface area contributed by atoms with Crippen LogP contribution in [0.2, 0.25) is 0 Å². The highest BCUT2D eigenvalue weighted by molar-refractivity contribution is 5.85. The van der Waals surface area contributed by atoms with Crippen LogP contribution in [0.3, 0.4) is 0 Å².